The molecule has 0 atom stereocenters. The quantitative estimate of drug-likeness (QED) is 0.381. The molecule has 4 rings (SSSR count). The number of rotatable bonds is 8. The number of hydrogen-bond donors (Lipinski definition) is 1. The zero-order valence-corrected chi connectivity index (χ0v) is 25.3. The SMILES string of the molecule is CN(C)Cc1csc(O[C@H]2CC[C@H](N(c3cc(C(C)(C)C)sc3C(=O)O)C(=O)[C@H]3CC[C@H](C)CC3)CC2)n1. The van der Waals surface area contributed by atoms with Crippen molar-refractivity contribution >= 4 is 40.2 Å². The monoisotopic (exact) mass is 561 g/mol. The molecule has 2 aromatic heterocycles. The Morgan fingerprint density at radius 1 is 1.08 bits per heavy atom. The largest absolute Gasteiger partial charge is 0.477 e. The second-order valence-corrected chi connectivity index (χ2v) is 14.3. The summed E-state index contributed by atoms with van der Waals surface area (Å²) in [5.41, 5.74) is 1.41. The molecule has 2 heterocycles. The van der Waals surface area contributed by atoms with Gasteiger partial charge in [0.1, 0.15) is 11.0 Å². The molecule has 0 unspecified atom stereocenters. The number of thiazole rings is 1. The second kappa shape index (κ2) is 12.0. The van der Waals surface area contributed by atoms with E-state index in [1.807, 2.05) is 30.4 Å². The second-order valence-electron chi connectivity index (χ2n) is 12.4. The number of aromatic carboxylic acids is 1. The first-order valence-electron chi connectivity index (χ1n) is 13.9. The van der Waals surface area contributed by atoms with Gasteiger partial charge in [0.15, 0.2) is 0 Å². The molecule has 1 N–H and O–H groups in total. The van der Waals surface area contributed by atoms with Crippen LogP contribution in [0.1, 0.15) is 99.3 Å². The van der Waals surface area contributed by atoms with E-state index >= 15 is 0 Å². The van der Waals surface area contributed by atoms with E-state index in [9.17, 15) is 14.7 Å². The topological polar surface area (TPSA) is 83.0 Å². The minimum atomic E-state index is -0.954. The van der Waals surface area contributed by atoms with E-state index in [1.54, 1.807) is 0 Å². The summed E-state index contributed by atoms with van der Waals surface area (Å²) in [5, 5.41) is 12.9. The third kappa shape index (κ3) is 6.96. The molecule has 2 fully saturated rings. The highest BCUT2D eigenvalue weighted by molar-refractivity contribution is 7.14. The van der Waals surface area contributed by atoms with Gasteiger partial charge in [-0.1, -0.05) is 39.0 Å². The first-order valence-corrected chi connectivity index (χ1v) is 15.6. The van der Waals surface area contributed by atoms with Crippen LogP contribution in [0, 0.1) is 11.8 Å². The third-order valence-corrected chi connectivity index (χ3v) is 10.1. The smallest absolute Gasteiger partial charge is 0.348 e. The van der Waals surface area contributed by atoms with Crippen molar-refractivity contribution in [2.75, 3.05) is 19.0 Å². The lowest BCUT2D eigenvalue weighted by atomic mass is 9.81. The summed E-state index contributed by atoms with van der Waals surface area (Å²) in [6, 6.07) is 1.95. The molecule has 7 nitrogen and oxygen atoms in total. The lowest BCUT2D eigenvalue weighted by molar-refractivity contribution is -0.124. The van der Waals surface area contributed by atoms with Crippen molar-refractivity contribution < 1.29 is 19.4 Å². The summed E-state index contributed by atoms with van der Waals surface area (Å²) >= 11 is 2.85. The summed E-state index contributed by atoms with van der Waals surface area (Å²) in [5.74, 6) is -0.238. The third-order valence-electron chi connectivity index (χ3n) is 7.79. The van der Waals surface area contributed by atoms with E-state index in [0.717, 1.165) is 68.5 Å². The van der Waals surface area contributed by atoms with Gasteiger partial charge in [-0.15, -0.1) is 11.3 Å². The number of carbonyl (C=O) groups excluding carboxylic acids is 1. The van der Waals surface area contributed by atoms with Gasteiger partial charge in [0.2, 0.25) is 5.91 Å². The number of ether oxygens (including phenoxy) is 1. The fraction of sp³-hybridized carbons (Fsp3) is 0.690. The molecule has 2 aliphatic carbocycles. The van der Waals surface area contributed by atoms with Crippen LogP contribution in [0.25, 0.3) is 0 Å². The Morgan fingerprint density at radius 3 is 2.32 bits per heavy atom. The molecule has 2 aliphatic rings. The van der Waals surface area contributed by atoms with Crippen LogP contribution in [0.2, 0.25) is 0 Å². The van der Waals surface area contributed by atoms with Gasteiger partial charge in [-0.05, 0) is 82.9 Å². The van der Waals surface area contributed by atoms with Crippen LogP contribution in [0.3, 0.4) is 0 Å². The van der Waals surface area contributed by atoms with Crippen LogP contribution in [0.15, 0.2) is 11.4 Å². The van der Waals surface area contributed by atoms with Crippen molar-refractivity contribution in [2.45, 2.75) is 103 Å². The molecule has 0 aromatic carbocycles. The zero-order chi connectivity index (χ0) is 27.6. The Balaban J connectivity index is 1.54. The van der Waals surface area contributed by atoms with Crippen LogP contribution in [-0.2, 0) is 16.8 Å². The first kappa shape index (κ1) is 29.0. The molecule has 38 heavy (non-hydrogen) atoms. The summed E-state index contributed by atoms with van der Waals surface area (Å²) in [7, 11) is 4.05. The predicted molar refractivity (Wildman–Crippen MR) is 155 cm³/mol. The molecular formula is C29H43N3O4S2. The molecule has 0 radical (unpaired) electrons. The zero-order valence-electron chi connectivity index (χ0n) is 23.7. The van der Waals surface area contributed by atoms with Crippen LogP contribution < -0.4 is 9.64 Å². The Kier molecular flexibility index (Phi) is 9.20. The van der Waals surface area contributed by atoms with Crippen molar-refractivity contribution in [1.29, 1.82) is 0 Å². The fourth-order valence-corrected chi connectivity index (χ4v) is 7.36. The molecule has 0 aliphatic heterocycles. The molecule has 2 aromatic rings. The summed E-state index contributed by atoms with van der Waals surface area (Å²) < 4.78 is 6.24. The van der Waals surface area contributed by atoms with E-state index in [4.69, 9.17) is 4.74 Å². The highest BCUT2D eigenvalue weighted by Gasteiger charge is 2.38. The standard InChI is InChI=1S/C29H43N3O4S2/c1-18-7-9-19(10-8-18)26(33)32(23-15-24(29(2,3)4)38-25(23)27(34)35)21-11-13-22(14-12-21)36-28-30-20(17-37-28)16-31(5)6/h15,17-19,21-22H,7-14,16H2,1-6H3,(H,34,35)/t18-,19-,21-,22-. The Hall–Kier alpha value is -1.97. The normalized spacial score (nSPS) is 24.4. The number of aromatic nitrogens is 1. The van der Waals surface area contributed by atoms with Gasteiger partial charge in [0.25, 0.3) is 5.19 Å². The highest BCUT2D eigenvalue weighted by Crippen LogP contribution is 2.42. The maximum Gasteiger partial charge on any atom is 0.348 e. The van der Waals surface area contributed by atoms with E-state index < -0.39 is 5.97 Å². The van der Waals surface area contributed by atoms with Crippen LogP contribution in [0.5, 0.6) is 5.19 Å². The predicted octanol–water partition coefficient (Wildman–Crippen LogP) is 6.81. The number of carbonyl (C=O) groups is 2. The van der Waals surface area contributed by atoms with Gasteiger partial charge < -0.3 is 19.6 Å². The van der Waals surface area contributed by atoms with Crippen LogP contribution in [-0.4, -0.2) is 53.1 Å². The Morgan fingerprint density at radius 2 is 1.74 bits per heavy atom. The van der Waals surface area contributed by atoms with Gasteiger partial charge in [-0.25, -0.2) is 9.78 Å². The van der Waals surface area contributed by atoms with Crippen LogP contribution in [0.4, 0.5) is 5.69 Å². The van der Waals surface area contributed by atoms with Crippen molar-refractivity contribution in [3.63, 3.8) is 0 Å². The maximum atomic E-state index is 14.1. The Labute approximate surface area is 235 Å². The van der Waals surface area contributed by atoms with Gasteiger partial charge >= 0.3 is 5.97 Å². The number of hydrogen-bond acceptors (Lipinski definition) is 7. The number of thiophene rings is 1. The molecule has 0 saturated heterocycles. The van der Waals surface area contributed by atoms with Gasteiger partial charge in [-0.2, -0.15) is 0 Å². The van der Waals surface area contributed by atoms with E-state index in [0.29, 0.717) is 16.8 Å². The highest BCUT2D eigenvalue weighted by atomic mass is 32.1. The summed E-state index contributed by atoms with van der Waals surface area (Å²) in [6.45, 7) is 9.31. The molecule has 0 bridgehead atoms. The lowest BCUT2D eigenvalue weighted by Gasteiger charge is -2.39. The number of carboxylic acid groups (broad SMARTS) is 1. The van der Waals surface area contributed by atoms with Crippen molar-refractivity contribution in [1.82, 2.24) is 9.88 Å². The minimum absolute atomic E-state index is 0.0252. The molecule has 2 saturated carbocycles. The molecular weight excluding hydrogens is 518 g/mol. The van der Waals surface area contributed by atoms with E-state index in [2.05, 4.69) is 37.6 Å². The van der Waals surface area contributed by atoms with Gasteiger partial charge in [0, 0.05) is 28.8 Å². The Bertz CT molecular complexity index is 1100. The van der Waals surface area contributed by atoms with Gasteiger partial charge in [-0.3, -0.25) is 4.79 Å². The lowest BCUT2D eigenvalue weighted by Crippen LogP contribution is -2.47. The van der Waals surface area contributed by atoms with Crippen molar-refractivity contribution in [3.8, 4) is 5.19 Å². The number of anilines is 1. The van der Waals surface area contributed by atoms with E-state index in [-0.39, 0.29) is 34.3 Å². The number of nitrogens with zero attached hydrogens (tertiary/aromatic N) is 3. The maximum absolute atomic E-state index is 14.1. The fourth-order valence-electron chi connectivity index (χ4n) is 5.59. The van der Waals surface area contributed by atoms with E-state index in [1.165, 1.54) is 22.7 Å². The average Bonchev–Trinajstić information content (AvgIpc) is 3.48. The van der Waals surface area contributed by atoms with Gasteiger partial charge in [0.05, 0.1) is 11.4 Å². The average molecular weight is 562 g/mol. The van der Waals surface area contributed by atoms with Crippen molar-refractivity contribution in [2.24, 2.45) is 11.8 Å². The van der Waals surface area contributed by atoms with Crippen LogP contribution >= 0.6 is 22.7 Å². The molecule has 1 amide bonds. The molecule has 9 heteroatoms. The molecule has 0 spiro atoms. The number of carboxylic acids is 1. The van der Waals surface area contributed by atoms with Crippen molar-refractivity contribution in [3.05, 3.63) is 26.9 Å². The number of amides is 1. The summed E-state index contributed by atoms with van der Waals surface area (Å²) in [4.78, 5) is 36.3. The minimum Gasteiger partial charge on any atom is -0.477 e. The summed E-state index contributed by atoms with van der Waals surface area (Å²) in [6.07, 6.45) is 7.14. The molecule has 210 valence electrons. The first-order chi connectivity index (χ1) is 17.9.